The minimum Gasteiger partial charge on any atom is -0.354 e. The molecule has 16 heavy (non-hydrogen) atoms. The van der Waals surface area contributed by atoms with E-state index in [1.165, 1.54) is 0 Å². The van der Waals surface area contributed by atoms with Crippen molar-refractivity contribution in [2.75, 3.05) is 6.54 Å². The number of aryl methyl sites for hydroxylation is 1. The smallest absolute Gasteiger partial charge is 0.237 e. The van der Waals surface area contributed by atoms with Gasteiger partial charge in [0.15, 0.2) is 5.82 Å². The van der Waals surface area contributed by atoms with Gasteiger partial charge in [0, 0.05) is 26.4 Å². The number of nitrogens with one attached hydrogen (secondary N) is 1. The zero-order valence-corrected chi connectivity index (χ0v) is 9.18. The van der Waals surface area contributed by atoms with Gasteiger partial charge < -0.3 is 11.1 Å². The summed E-state index contributed by atoms with van der Waals surface area (Å²) in [5.74, 6) is 2.79. The van der Waals surface area contributed by atoms with E-state index in [1.807, 2.05) is 0 Å². The number of aromatic nitrogens is 3. The molecular formula is C10H15N5O. The Balaban J connectivity index is 2.25. The van der Waals surface area contributed by atoms with Crippen molar-refractivity contribution in [1.82, 2.24) is 20.1 Å². The summed E-state index contributed by atoms with van der Waals surface area (Å²) in [6.07, 6.45) is 7.49. The molecule has 0 saturated heterocycles. The van der Waals surface area contributed by atoms with E-state index >= 15 is 0 Å². The van der Waals surface area contributed by atoms with Crippen LogP contribution in [0.3, 0.4) is 0 Å². The van der Waals surface area contributed by atoms with Crippen LogP contribution in [0.1, 0.15) is 12.2 Å². The van der Waals surface area contributed by atoms with Gasteiger partial charge in [0.1, 0.15) is 6.33 Å². The minimum absolute atomic E-state index is 0.242. The summed E-state index contributed by atoms with van der Waals surface area (Å²) in [5.41, 5.74) is 5.52. The zero-order valence-electron chi connectivity index (χ0n) is 9.18. The molecule has 6 nitrogen and oxygen atoms in total. The summed E-state index contributed by atoms with van der Waals surface area (Å²) < 4.78 is 1.61. The molecule has 0 radical (unpaired) electrons. The second-order valence-electron chi connectivity index (χ2n) is 3.39. The van der Waals surface area contributed by atoms with Gasteiger partial charge in [0.2, 0.25) is 5.91 Å². The molecule has 0 aromatic carbocycles. The third kappa shape index (κ3) is 3.71. The molecule has 0 aliphatic rings. The largest absolute Gasteiger partial charge is 0.354 e. The molecule has 0 spiro atoms. The van der Waals surface area contributed by atoms with E-state index in [2.05, 4.69) is 21.3 Å². The summed E-state index contributed by atoms with van der Waals surface area (Å²) in [6, 6.07) is -0.637. The van der Waals surface area contributed by atoms with E-state index in [1.54, 1.807) is 18.1 Å². The first-order chi connectivity index (χ1) is 7.63. The highest BCUT2D eigenvalue weighted by Gasteiger charge is 2.11. The van der Waals surface area contributed by atoms with Crippen molar-refractivity contribution in [3.63, 3.8) is 0 Å². The maximum absolute atomic E-state index is 11.4. The predicted molar refractivity (Wildman–Crippen MR) is 59.1 cm³/mol. The van der Waals surface area contributed by atoms with Gasteiger partial charge in [-0.25, -0.2) is 4.98 Å². The Bertz CT molecular complexity index is 392. The van der Waals surface area contributed by atoms with Crippen molar-refractivity contribution in [2.45, 2.75) is 18.9 Å². The molecule has 1 unspecified atom stereocenters. The highest BCUT2D eigenvalue weighted by atomic mass is 16.2. The van der Waals surface area contributed by atoms with Gasteiger partial charge in [-0.05, 0) is 0 Å². The van der Waals surface area contributed by atoms with Crippen LogP contribution < -0.4 is 11.1 Å². The van der Waals surface area contributed by atoms with Crippen molar-refractivity contribution < 1.29 is 4.79 Å². The Kier molecular flexibility index (Phi) is 4.48. The van der Waals surface area contributed by atoms with Gasteiger partial charge in [-0.2, -0.15) is 5.10 Å². The van der Waals surface area contributed by atoms with Crippen molar-refractivity contribution in [3.05, 3.63) is 12.2 Å². The maximum atomic E-state index is 11.4. The first kappa shape index (κ1) is 12.2. The zero-order chi connectivity index (χ0) is 12.0. The molecule has 1 heterocycles. The van der Waals surface area contributed by atoms with Crippen molar-refractivity contribution in [3.8, 4) is 12.3 Å². The SMILES string of the molecule is C#CCC(N)C(=O)NCCc1ncn(C)n1. The van der Waals surface area contributed by atoms with Crippen molar-refractivity contribution >= 4 is 5.91 Å². The third-order valence-electron chi connectivity index (χ3n) is 1.97. The average molecular weight is 221 g/mol. The maximum Gasteiger partial charge on any atom is 0.237 e. The molecule has 3 N–H and O–H groups in total. The second kappa shape index (κ2) is 5.88. The molecular weight excluding hydrogens is 206 g/mol. The molecule has 0 fully saturated rings. The summed E-state index contributed by atoms with van der Waals surface area (Å²) in [7, 11) is 1.79. The number of carbonyl (C=O) groups is 1. The van der Waals surface area contributed by atoms with E-state index in [0.717, 1.165) is 0 Å². The van der Waals surface area contributed by atoms with Gasteiger partial charge in [-0.1, -0.05) is 0 Å². The quantitative estimate of drug-likeness (QED) is 0.613. The Labute approximate surface area is 94.2 Å². The average Bonchev–Trinajstić information content (AvgIpc) is 2.64. The number of terminal acetylenes is 1. The van der Waals surface area contributed by atoms with Crippen LogP contribution in [0.5, 0.6) is 0 Å². The Morgan fingerprint density at radius 2 is 2.56 bits per heavy atom. The number of nitrogens with zero attached hydrogens (tertiary/aromatic N) is 3. The van der Waals surface area contributed by atoms with Crippen LogP contribution in [0.25, 0.3) is 0 Å². The Hall–Kier alpha value is -1.87. The van der Waals surface area contributed by atoms with E-state index in [4.69, 9.17) is 12.2 Å². The fraction of sp³-hybridized carbons (Fsp3) is 0.500. The lowest BCUT2D eigenvalue weighted by Gasteiger charge is -2.08. The normalized spacial score (nSPS) is 11.8. The van der Waals surface area contributed by atoms with Gasteiger partial charge in [0.05, 0.1) is 6.04 Å². The van der Waals surface area contributed by atoms with Crippen LogP contribution in [-0.4, -0.2) is 33.3 Å². The highest BCUT2D eigenvalue weighted by molar-refractivity contribution is 5.81. The summed E-state index contributed by atoms with van der Waals surface area (Å²) in [5, 5.41) is 6.76. The molecule has 0 bridgehead atoms. The molecule has 1 amide bonds. The fourth-order valence-corrected chi connectivity index (χ4v) is 1.15. The van der Waals surface area contributed by atoms with Crippen molar-refractivity contribution in [2.24, 2.45) is 12.8 Å². The third-order valence-corrected chi connectivity index (χ3v) is 1.97. The highest BCUT2D eigenvalue weighted by Crippen LogP contribution is 1.90. The minimum atomic E-state index is -0.637. The number of rotatable bonds is 5. The standard InChI is InChI=1S/C10H15N5O/c1-3-4-8(11)10(16)12-6-5-9-13-7-15(2)14-9/h1,7-8H,4-6,11H2,2H3,(H,12,16). The molecule has 0 saturated carbocycles. The molecule has 0 aliphatic carbocycles. The van der Waals surface area contributed by atoms with Crippen LogP contribution in [0.4, 0.5) is 0 Å². The Morgan fingerprint density at radius 3 is 3.12 bits per heavy atom. The van der Waals surface area contributed by atoms with Crippen LogP contribution in [0, 0.1) is 12.3 Å². The van der Waals surface area contributed by atoms with E-state index in [0.29, 0.717) is 18.8 Å². The van der Waals surface area contributed by atoms with E-state index in [9.17, 15) is 4.79 Å². The first-order valence-corrected chi connectivity index (χ1v) is 4.94. The molecule has 0 aliphatic heterocycles. The number of hydrogen-bond acceptors (Lipinski definition) is 4. The van der Waals surface area contributed by atoms with Crippen LogP contribution >= 0.6 is 0 Å². The molecule has 1 aromatic heterocycles. The number of carbonyl (C=O) groups excluding carboxylic acids is 1. The second-order valence-corrected chi connectivity index (χ2v) is 3.39. The molecule has 86 valence electrons. The molecule has 1 atom stereocenters. The van der Waals surface area contributed by atoms with Crippen LogP contribution in [-0.2, 0) is 18.3 Å². The van der Waals surface area contributed by atoms with Gasteiger partial charge in [-0.3, -0.25) is 9.48 Å². The molecule has 1 aromatic rings. The van der Waals surface area contributed by atoms with Gasteiger partial charge in [-0.15, -0.1) is 12.3 Å². The fourth-order valence-electron chi connectivity index (χ4n) is 1.15. The van der Waals surface area contributed by atoms with Crippen LogP contribution in [0.15, 0.2) is 6.33 Å². The van der Waals surface area contributed by atoms with E-state index in [-0.39, 0.29) is 12.3 Å². The van der Waals surface area contributed by atoms with Crippen LogP contribution in [0.2, 0.25) is 0 Å². The number of amides is 1. The summed E-state index contributed by atoms with van der Waals surface area (Å²) in [4.78, 5) is 15.4. The van der Waals surface area contributed by atoms with Gasteiger partial charge in [0.25, 0.3) is 0 Å². The van der Waals surface area contributed by atoms with E-state index < -0.39 is 6.04 Å². The topological polar surface area (TPSA) is 85.8 Å². The number of nitrogens with two attached hydrogens (primary N) is 1. The molecule has 1 rings (SSSR count). The lowest BCUT2D eigenvalue weighted by Crippen LogP contribution is -2.41. The molecule has 6 heteroatoms. The predicted octanol–water partition coefficient (Wildman–Crippen LogP) is -1.18. The first-order valence-electron chi connectivity index (χ1n) is 4.94. The lowest BCUT2D eigenvalue weighted by molar-refractivity contribution is -0.122. The summed E-state index contributed by atoms with van der Waals surface area (Å²) in [6.45, 7) is 0.459. The Morgan fingerprint density at radius 1 is 1.81 bits per heavy atom. The lowest BCUT2D eigenvalue weighted by atomic mass is 10.2. The van der Waals surface area contributed by atoms with Crippen molar-refractivity contribution in [1.29, 1.82) is 0 Å². The monoisotopic (exact) mass is 221 g/mol. The van der Waals surface area contributed by atoms with Gasteiger partial charge >= 0.3 is 0 Å². The summed E-state index contributed by atoms with van der Waals surface area (Å²) >= 11 is 0. The number of hydrogen-bond donors (Lipinski definition) is 2.